The summed E-state index contributed by atoms with van der Waals surface area (Å²) >= 11 is 0. The molecule has 218 valence electrons. The Balaban J connectivity index is 1.33. The van der Waals surface area contributed by atoms with E-state index in [2.05, 4.69) is 31.2 Å². The standard InChI is InChI=1S/C29H28F2N6O5/c1-17-3-5-21(30)24(11-17)37-29(41)36-23-6-4-19(13-22(23)31)42-20-7-10-33-26(14-20)25-12-18(15-35-25)28(40)34-9-2-8-32-16-27(38)39/h3-7,10-15,32,35H,2,8-9,16H2,1H3,(H,34,40)(H,38,39)(H2,36,37,41). The molecule has 0 aliphatic carbocycles. The number of anilines is 2. The summed E-state index contributed by atoms with van der Waals surface area (Å²) in [6.45, 7) is 2.43. The number of carboxylic acids is 1. The molecule has 0 radical (unpaired) electrons. The highest BCUT2D eigenvalue weighted by atomic mass is 19.1. The number of ether oxygens (including phenoxy) is 1. The first kappa shape index (κ1) is 29.7. The lowest BCUT2D eigenvalue weighted by Gasteiger charge is -2.11. The van der Waals surface area contributed by atoms with Gasteiger partial charge in [0.25, 0.3) is 5.91 Å². The van der Waals surface area contributed by atoms with Crippen LogP contribution in [0.5, 0.6) is 11.5 Å². The molecule has 13 heteroatoms. The van der Waals surface area contributed by atoms with Gasteiger partial charge in [0, 0.05) is 31.1 Å². The van der Waals surface area contributed by atoms with E-state index in [1.807, 2.05) is 0 Å². The van der Waals surface area contributed by atoms with Gasteiger partial charge in [-0.3, -0.25) is 14.6 Å². The number of aromatic amines is 1. The summed E-state index contributed by atoms with van der Waals surface area (Å²) in [5, 5.41) is 18.8. The zero-order valence-electron chi connectivity index (χ0n) is 22.5. The van der Waals surface area contributed by atoms with Crippen molar-refractivity contribution < 1.29 is 33.0 Å². The molecule has 0 aliphatic rings. The van der Waals surface area contributed by atoms with Gasteiger partial charge in [-0.2, -0.15) is 0 Å². The molecule has 0 bridgehead atoms. The Morgan fingerprint density at radius 3 is 2.50 bits per heavy atom. The highest BCUT2D eigenvalue weighted by molar-refractivity contribution is 6.00. The molecular weight excluding hydrogens is 550 g/mol. The fraction of sp³-hybridized carbons (Fsp3) is 0.172. The maximum Gasteiger partial charge on any atom is 0.323 e. The van der Waals surface area contributed by atoms with Gasteiger partial charge in [0.2, 0.25) is 0 Å². The summed E-state index contributed by atoms with van der Waals surface area (Å²) in [5.41, 5.74) is 2.00. The third-order valence-corrected chi connectivity index (χ3v) is 5.84. The van der Waals surface area contributed by atoms with Gasteiger partial charge in [-0.05, 0) is 61.9 Å². The molecule has 4 rings (SSSR count). The van der Waals surface area contributed by atoms with Crippen molar-refractivity contribution in [2.75, 3.05) is 30.3 Å². The SMILES string of the molecule is Cc1ccc(F)c(NC(=O)Nc2ccc(Oc3ccnc(-c4cc(C(=O)NCCCNCC(=O)O)c[nH]4)c3)cc2F)c1. The van der Waals surface area contributed by atoms with Crippen molar-refractivity contribution in [1.82, 2.24) is 20.6 Å². The largest absolute Gasteiger partial charge is 0.480 e. The first-order chi connectivity index (χ1) is 20.2. The molecule has 0 fully saturated rings. The van der Waals surface area contributed by atoms with Crippen LogP contribution in [0.4, 0.5) is 25.0 Å². The molecule has 0 atom stereocenters. The predicted octanol–water partition coefficient (Wildman–Crippen LogP) is 4.89. The topological polar surface area (TPSA) is 157 Å². The number of carbonyl (C=O) groups excluding carboxylic acids is 2. The van der Waals surface area contributed by atoms with Gasteiger partial charge >= 0.3 is 12.0 Å². The minimum Gasteiger partial charge on any atom is -0.480 e. The number of nitrogens with zero attached hydrogens (tertiary/aromatic N) is 1. The van der Waals surface area contributed by atoms with Crippen molar-refractivity contribution in [3.63, 3.8) is 0 Å². The van der Waals surface area contributed by atoms with Gasteiger partial charge < -0.3 is 36.1 Å². The van der Waals surface area contributed by atoms with Crippen LogP contribution in [0.2, 0.25) is 0 Å². The number of carbonyl (C=O) groups is 3. The third kappa shape index (κ3) is 8.35. The Labute approximate surface area is 239 Å². The summed E-state index contributed by atoms with van der Waals surface area (Å²) < 4.78 is 34.4. The van der Waals surface area contributed by atoms with E-state index in [1.165, 1.54) is 36.7 Å². The van der Waals surface area contributed by atoms with Crippen LogP contribution in [-0.4, -0.2) is 52.6 Å². The average molecular weight is 579 g/mol. The van der Waals surface area contributed by atoms with E-state index < -0.39 is 23.6 Å². The maximum absolute atomic E-state index is 14.7. The number of carboxylic acid groups (broad SMARTS) is 1. The summed E-state index contributed by atoms with van der Waals surface area (Å²) in [4.78, 5) is 42.4. The number of amides is 3. The second-order valence-electron chi connectivity index (χ2n) is 9.16. The number of aliphatic carboxylic acids is 1. The number of rotatable bonds is 12. The highest BCUT2D eigenvalue weighted by Crippen LogP contribution is 2.28. The normalized spacial score (nSPS) is 10.6. The van der Waals surface area contributed by atoms with Crippen molar-refractivity contribution in [3.05, 3.63) is 89.8 Å². The minimum atomic E-state index is -0.945. The number of aromatic nitrogens is 2. The molecule has 11 nitrogen and oxygen atoms in total. The molecule has 0 saturated heterocycles. The molecule has 0 aliphatic heterocycles. The number of pyridine rings is 1. The van der Waals surface area contributed by atoms with E-state index in [-0.39, 0.29) is 29.6 Å². The lowest BCUT2D eigenvalue weighted by Crippen LogP contribution is -2.29. The average Bonchev–Trinajstić information content (AvgIpc) is 3.45. The van der Waals surface area contributed by atoms with Crippen LogP contribution in [-0.2, 0) is 4.79 Å². The second-order valence-corrected chi connectivity index (χ2v) is 9.16. The van der Waals surface area contributed by atoms with Gasteiger partial charge in [-0.15, -0.1) is 0 Å². The summed E-state index contributed by atoms with van der Waals surface area (Å²) in [7, 11) is 0. The van der Waals surface area contributed by atoms with Gasteiger partial charge in [0.15, 0.2) is 0 Å². The lowest BCUT2D eigenvalue weighted by atomic mass is 10.2. The van der Waals surface area contributed by atoms with E-state index in [0.29, 0.717) is 42.2 Å². The van der Waals surface area contributed by atoms with Gasteiger partial charge in [0.1, 0.15) is 23.1 Å². The van der Waals surface area contributed by atoms with Crippen LogP contribution < -0.4 is 26.0 Å². The summed E-state index contributed by atoms with van der Waals surface area (Å²) in [5.74, 6) is -2.12. The Morgan fingerprint density at radius 2 is 1.71 bits per heavy atom. The van der Waals surface area contributed by atoms with E-state index in [0.717, 1.165) is 11.6 Å². The first-order valence-corrected chi connectivity index (χ1v) is 12.8. The quantitative estimate of drug-likeness (QED) is 0.131. The molecule has 0 unspecified atom stereocenters. The minimum absolute atomic E-state index is 0.0290. The zero-order chi connectivity index (χ0) is 30.1. The van der Waals surface area contributed by atoms with Gasteiger partial charge in [-0.1, -0.05) is 6.07 Å². The number of nitrogens with one attached hydrogen (secondary N) is 5. The van der Waals surface area contributed by atoms with Crippen LogP contribution in [0.15, 0.2) is 67.0 Å². The van der Waals surface area contributed by atoms with Gasteiger partial charge in [0.05, 0.1) is 34.9 Å². The number of hydrogen-bond donors (Lipinski definition) is 6. The smallest absolute Gasteiger partial charge is 0.323 e. The van der Waals surface area contributed by atoms with Crippen LogP contribution in [0.1, 0.15) is 22.3 Å². The zero-order valence-corrected chi connectivity index (χ0v) is 22.5. The summed E-state index contributed by atoms with van der Waals surface area (Å²) in [6.07, 6.45) is 3.60. The van der Waals surface area contributed by atoms with Crippen LogP contribution in [0.25, 0.3) is 11.4 Å². The number of urea groups is 1. The molecule has 0 spiro atoms. The fourth-order valence-corrected chi connectivity index (χ4v) is 3.82. The molecule has 4 aromatic rings. The van der Waals surface area contributed by atoms with Crippen molar-refractivity contribution >= 4 is 29.3 Å². The van der Waals surface area contributed by atoms with E-state index in [9.17, 15) is 23.2 Å². The monoisotopic (exact) mass is 578 g/mol. The van der Waals surface area contributed by atoms with E-state index in [1.54, 1.807) is 31.2 Å². The lowest BCUT2D eigenvalue weighted by molar-refractivity contribution is -0.135. The third-order valence-electron chi connectivity index (χ3n) is 5.84. The number of hydrogen-bond acceptors (Lipinski definition) is 6. The molecule has 2 aromatic heterocycles. The number of benzene rings is 2. The van der Waals surface area contributed by atoms with Crippen LogP contribution in [0.3, 0.4) is 0 Å². The van der Waals surface area contributed by atoms with Gasteiger partial charge in [-0.25, -0.2) is 13.6 Å². The van der Waals surface area contributed by atoms with E-state index in [4.69, 9.17) is 9.84 Å². The summed E-state index contributed by atoms with van der Waals surface area (Å²) in [6, 6.07) is 12.1. The molecule has 2 heterocycles. The van der Waals surface area contributed by atoms with Crippen molar-refractivity contribution in [1.29, 1.82) is 0 Å². The van der Waals surface area contributed by atoms with Crippen molar-refractivity contribution in [2.24, 2.45) is 0 Å². The number of halogens is 2. The van der Waals surface area contributed by atoms with Crippen LogP contribution >= 0.6 is 0 Å². The Bertz CT molecular complexity index is 1590. The second kappa shape index (κ2) is 13.9. The molecule has 2 aromatic carbocycles. The molecule has 0 saturated carbocycles. The number of H-pyrrole nitrogens is 1. The molecular formula is C29H28F2N6O5. The fourth-order valence-electron chi connectivity index (χ4n) is 3.82. The Hall–Kier alpha value is -5.30. The maximum atomic E-state index is 14.7. The van der Waals surface area contributed by atoms with Crippen molar-refractivity contribution in [3.8, 4) is 22.9 Å². The predicted molar refractivity (Wildman–Crippen MR) is 152 cm³/mol. The molecule has 6 N–H and O–H groups in total. The molecule has 42 heavy (non-hydrogen) atoms. The number of aryl methyl sites for hydroxylation is 1. The van der Waals surface area contributed by atoms with Crippen molar-refractivity contribution in [2.45, 2.75) is 13.3 Å². The molecule has 3 amide bonds. The van der Waals surface area contributed by atoms with E-state index >= 15 is 0 Å². The van der Waals surface area contributed by atoms with Crippen LogP contribution in [0, 0.1) is 18.6 Å². The highest BCUT2D eigenvalue weighted by Gasteiger charge is 2.13. The Kier molecular flexibility index (Phi) is 9.79. The first-order valence-electron chi connectivity index (χ1n) is 12.8. The Morgan fingerprint density at radius 1 is 0.929 bits per heavy atom.